The summed E-state index contributed by atoms with van der Waals surface area (Å²) >= 11 is 6.62. The smallest absolute Gasteiger partial charge is 0.0341 e. The molecular formula is C22H30S2. The van der Waals surface area contributed by atoms with Gasteiger partial charge < -0.3 is 0 Å². The first-order valence-electron chi connectivity index (χ1n) is 8.71. The lowest BCUT2D eigenvalue weighted by Crippen LogP contribution is -2.10. The van der Waals surface area contributed by atoms with Crippen molar-refractivity contribution in [2.75, 3.05) is 0 Å². The van der Waals surface area contributed by atoms with Crippen LogP contribution in [-0.4, -0.2) is 0 Å². The average molecular weight is 359 g/mol. The van der Waals surface area contributed by atoms with Crippen LogP contribution in [0.1, 0.15) is 69.9 Å². The maximum Gasteiger partial charge on any atom is 0.0341 e. The minimum atomic E-state index is -0.0871. The van der Waals surface area contributed by atoms with Gasteiger partial charge in [-0.3, -0.25) is 0 Å². The van der Waals surface area contributed by atoms with Gasteiger partial charge in [-0.2, -0.15) is 12.6 Å². The third kappa shape index (κ3) is 5.07. The Balaban J connectivity index is 2.14. The zero-order chi connectivity index (χ0) is 18.0. The van der Waals surface area contributed by atoms with E-state index < -0.39 is 0 Å². The molecule has 0 aromatic heterocycles. The van der Waals surface area contributed by atoms with E-state index in [4.69, 9.17) is 0 Å². The summed E-state index contributed by atoms with van der Waals surface area (Å²) in [7, 11) is 0. The van der Waals surface area contributed by atoms with Crippen LogP contribution in [0, 0.1) is 0 Å². The Labute approximate surface area is 157 Å². The van der Waals surface area contributed by atoms with Crippen molar-refractivity contribution >= 4 is 24.4 Å². The summed E-state index contributed by atoms with van der Waals surface area (Å²) in [5, 5.41) is 0.488. The minimum Gasteiger partial charge on any atom is -0.168 e. The van der Waals surface area contributed by atoms with Crippen molar-refractivity contribution in [1.29, 1.82) is 0 Å². The fraction of sp³-hybridized carbons (Fsp3) is 0.455. The highest BCUT2D eigenvalue weighted by atomic mass is 32.2. The van der Waals surface area contributed by atoms with Crippen molar-refractivity contribution in [2.24, 2.45) is 0 Å². The van der Waals surface area contributed by atoms with E-state index in [0.29, 0.717) is 5.25 Å². The van der Waals surface area contributed by atoms with Gasteiger partial charge in [0.2, 0.25) is 0 Å². The molecule has 24 heavy (non-hydrogen) atoms. The molecule has 0 bridgehead atoms. The molecule has 0 radical (unpaired) electrons. The molecule has 130 valence electrons. The number of hydrogen-bond donors (Lipinski definition) is 1. The van der Waals surface area contributed by atoms with Gasteiger partial charge in [0.15, 0.2) is 0 Å². The molecule has 0 nitrogen and oxygen atoms in total. The maximum atomic E-state index is 4.66. The maximum absolute atomic E-state index is 4.66. The monoisotopic (exact) mass is 358 g/mol. The molecule has 0 N–H and O–H groups in total. The van der Waals surface area contributed by atoms with E-state index in [2.05, 4.69) is 103 Å². The van der Waals surface area contributed by atoms with E-state index in [-0.39, 0.29) is 10.2 Å². The first kappa shape index (κ1) is 19.5. The molecule has 0 fully saturated rings. The lowest BCUT2D eigenvalue weighted by Gasteiger charge is -2.21. The van der Waals surface area contributed by atoms with E-state index in [1.165, 1.54) is 21.6 Å². The minimum absolute atomic E-state index is 0.0871. The van der Waals surface area contributed by atoms with Crippen LogP contribution < -0.4 is 0 Å². The predicted molar refractivity (Wildman–Crippen MR) is 112 cm³/mol. The highest BCUT2D eigenvalue weighted by Crippen LogP contribution is 2.39. The van der Waals surface area contributed by atoms with Crippen molar-refractivity contribution < 1.29 is 0 Å². The van der Waals surface area contributed by atoms with Crippen LogP contribution >= 0.6 is 24.4 Å². The van der Waals surface area contributed by atoms with Gasteiger partial charge in [0.25, 0.3) is 0 Å². The summed E-state index contributed by atoms with van der Waals surface area (Å²) < 4.78 is -0.0871. The van der Waals surface area contributed by atoms with E-state index in [9.17, 15) is 0 Å². The van der Waals surface area contributed by atoms with Crippen LogP contribution in [0.15, 0.2) is 53.4 Å². The molecule has 0 saturated carbocycles. The van der Waals surface area contributed by atoms with Crippen molar-refractivity contribution in [1.82, 2.24) is 0 Å². The Morgan fingerprint density at radius 3 is 1.75 bits per heavy atom. The topological polar surface area (TPSA) is 0 Å². The van der Waals surface area contributed by atoms with Gasteiger partial charge in [0, 0.05) is 14.9 Å². The summed E-state index contributed by atoms with van der Waals surface area (Å²) in [6.45, 7) is 13.3. The Morgan fingerprint density at radius 1 is 0.833 bits per heavy atom. The molecule has 2 heteroatoms. The fourth-order valence-corrected chi connectivity index (χ4v) is 3.92. The third-order valence-corrected chi connectivity index (χ3v) is 6.05. The first-order valence-corrected chi connectivity index (χ1v) is 10.0. The van der Waals surface area contributed by atoms with Crippen LogP contribution in [0.5, 0.6) is 0 Å². The zero-order valence-electron chi connectivity index (χ0n) is 15.8. The van der Waals surface area contributed by atoms with E-state index in [0.717, 1.165) is 6.42 Å². The van der Waals surface area contributed by atoms with Gasteiger partial charge in [0.05, 0.1) is 0 Å². The molecule has 0 heterocycles. The van der Waals surface area contributed by atoms with Crippen molar-refractivity contribution in [2.45, 2.75) is 68.3 Å². The number of benzene rings is 2. The second kappa shape index (κ2) is 7.58. The lowest BCUT2D eigenvalue weighted by molar-refractivity contribution is 0.589. The zero-order valence-corrected chi connectivity index (χ0v) is 17.5. The average Bonchev–Trinajstić information content (AvgIpc) is 2.51. The van der Waals surface area contributed by atoms with Crippen molar-refractivity contribution in [3.63, 3.8) is 0 Å². The second-order valence-corrected chi connectivity index (χ2v) is 10.4. The van der Waals surface area contributed by atoms with Gasteiger partial charge in [-0.1, -0.05) is 64.1 Å². The molecule has 0 aliphatic carbocycles. The van der Waals surface area contributed by atoms with E-state index in [1.54, 1.807) is 0 Å². The van der Waals surface area contributed by atoms with Crippen LogP contribution in [0.25, 0.3) is 0 Å². The second-order valence-electron chi connectivity index (χ2n) is 7.97. The first-order chi connectivity index (χ1) is 11.1. The molecule has 1 unspecified atom stereocenters. The van der Waals surface area contributed by atoms with Gasteiger partial charge in [0.1, 0.15) is 0 Å². The number of rotatable bonds is 5. The summed E-state index contributed by atoms with van der Waals surface area (Å²) in [5.74, 6) is 0. The fourth-order valence-electron chi connectivity index (χ4n) is 2.69. The molecule has 0 aliphatic rings. The Morgan fingerprint density at radius 2 is 1.33 bits per heavy atom. The van der Waals surface area contributed by atoms with Crippen LogP contribution in [0.3, 0.4) is 0 Å². The molecule has 0 amide bonds. The van der Waals surface area contributed by atoms with Gasteiger partial charge in [-0.05, 0) is 54.5 Å². The Hall–Kier alpha value is -0.860. The molecule has 0 aliphatic heterocycles. The molecule has 1 atom stereocenters. The predicted octanol–water partition coefficient (Wildman–Crippen LogP) is 7.39. The summed E-state index contributed by atoms with van der Waals surface area (Å²) in [4.78, 5) is 1.34. The number of thiol groups is 1. The molecule has 2 aromatic rings. The van der Waals surface area contributed by atoms with Crippen LogP contribution in [-0.2, 0) is 10.2 Å². The molecule has 0 spiro atoms. The largest absolute Gasteiger partial charge is 0.168 e. The highest BCUT2D eigenvalue weighted by Gasteiger charge is 2.17. The van der Waals surface area contributed by atoms with Crippen LogP contribution in [0.4, 0.5) is 0 Å². The van der Waals surface area contributed by atoms with Gasteiger partial charge >= 0.3 is 0 Å². The third-order valence-electron chi connectivity index (χ3n) is 4.36. The Kier molecular flexibility index (Phi) is 6.14. The summed E-state index contributed by atoms with van der Waals surface area (Å²) in [6, 6.07) is 18.0. The van der Waals surface area contributed by atoms with Crippen LogP contribution in [0.2, 0.25) is 0 Å². The van der Waals surface area contributed by atoms with E-state index in [1.807, 2.05) is 11.8 Å². The van der Waals surface area contributed by atoms with Gasteiger partial charge in [-0.15, -0.1) is 11.8 Å². The standard InChI is InChI=1S/C22H30S2/c1-7-20(16-8-10-18(11-9-16)22(5,6)23)24-19-14-12-17(13-15-19)21(2,3)4/h8-15,20,23H,7H2,1-6H3. The molecule has 2 rings (SSSR count). The van der Waals surface area contributed by atoms with Crippen molar-refractivity contribution in [3.8, 4) is 0 Å². The van der Waals surface area contributed by atoms with Crippen molar-refractivity contribution in [3.05, 3.63) is 65.2 Å². The molecule has 2 aromatic carbocycles. The SMILES string of the molecule is CCC(Sc1ccc(C(C)(C)C)cc1)c1ccc(C(C)(C)S)cc1. The molecular weight excluding hydrogens is 328 g/mol. The Bertz CT molecular complexity index is 640. The number of hydrogen-bond acceptors (Lipinski definition) is 2. The van der Waals surface area contributed by atoms with E-state index >= 15 is 0 Å². The summed E-state index contributed by atoms with van der Waals surface area (Å²) in [6.07, 6.45) is 1.12. The normalized spacial score (nSPS) is 13.8. The lowest BCUT2D eigenvalue weighted by atomic mass is 9.87. The van der Waals surface area contributed by atoms with Gasteiger partial charge in [-0.25, -0.2) is 0 Å². The number of thioether (sulfide) groups is 1. The quantitative estimate of drug-likeness (QED) is 0.429. The summed E-state index contributed by atoms with van der Waals surface area (Å²) in [5.41, 5.74) is 4.26. The molecule has 0 saturated heterocycles. The highest BCUT2D eigenvalue weighted by molar-refractivity contribution is 7.99.